The highest BCUT2D eigenvalue weighted by Crippen LogP contribution is 2.29. The van der Waals surface area contributed by atoms with Crippen LogP contribution in [0.3, 0.4) is 0 Å². The van der Waals surface area contributed by atoms with Crippen molar-refractivity contribution in [2.75, 3.05) is 0 Å². The zero-order valence-corrected chi connectivity index (χ0v) is 11.6. The number of carbonyl (C=O) groups is 1. The predicted octanol–water partition coefficient (Wildman–Crippen LogP) is 1.86. The molecule has 7 heteroatoms. The number of hydrogen-bond acceptors (Lipinski definition) is 5. The zero-order valence-electron chi connectivity index (χ0n) is 11.6. The van der Waals surface area contributed by atoms with Crippen LogP contribution in [0.5, 0.6) is 5.75 Å². The van der Waals surface area contributed by atoms with Crippen molar-refractivity contribution in [1.82, 2.24) is 0 Å². The summed E-state index contributed by atoms with van der Waals surface area (Å²) >= 11 is 0. The van der Waals surface area contributed by atoms with Crippen LogP contribution < -0.4 is 10.5 Å². The molecule has 0 saturated carbocycles. The molecule has 0 saturated heterocycles. The molecule has 1 rings (SSSR count). The van der Waals surface area contributed by atoms with Crippen molar-refractivity contribution >= 4 is 11.7 Å². The normalized spacial score (nSPS) is 15.2. The minimum absolute atomic E-state index is 0.0351. The Balaban J connectivity index is 2.88. The molecule has 110 valence electrons. The molecule has 1 aromatic carbocycles. The molecule has 2 unspecified atom stereocenters. The van der Waals surface area contributed by atoms with Gasteiger partial charge in [-0.3, -0.25) is 14.9 Å². The van der Waals surface area contributed by atoms with Gasteiger partial charge in [0, 0.05) is 12.5 Å². The summed E-state index contributed by atoms with van der Waals surface area (Å²) in [5, 5.41) is 19.9. The second-order valence-corrected chi connectivity index (χ2v) is 5.08. The highest BCUT2D eigenvalue weighted by molar-refractivity contribution is 5.77. The predicted molar refractivity (Wildman–Crippen MR) is 72.8 cm³/mol. The van der Waals surface area contributed by atoms with E-state index in [2.05, 4.69) is 0 Å². The van der Waals surface area contributed by atoms with E-state index >= 15 is 0 Å². The number of aryl methyl sites for hydroxylation is 1. The maximum Gasteiger partial charge on any atom is 0.323 e. The number of aliphatic carboxylic acids is 1. The van der Waals surface area contributed by atoms with Gasteiger partial charge in [0.1, 0.15) is 5.54 Å². The minimum atomic E-state index is -1.45. The van der Waals surface area contributed by atoms with Crippen LogP contribution in [0.15, 0.2) is 18.2 Å². The summed E-state index contributed by atoms with van der Waals surface area (Å²) in [6.07, 6.45) is -0.532. The van der Waals surface area contributed by atoms with Gasteiger partial charge in [0.15, 0.2) is 5.75 Å². The minimum Gasteiger partial charge on any atom is -0.484 e. The number of ether oxygens (including phenoxy) is 1. The van der Waals surface area contributed by atoms with Crippen molar-refractivity contribution in [2.24, 2.45) is 5.73 Å². The molecule has 0 aliphatic carbocycles. The summed E-state index contributed by atoms with van der Waals surface area (Å²) in [5.74, 6) is -1.04. The molecule has 0 aliphatic heterocycles. The lowest BCUT2D eigenvalue weighted by atomic mass is 9.96. The number of nitrogens with two attached hydrogens (primary N) is 1. The molecule has 1 aromatic rings. The summed E-state index contributed by atoms with van der Waals surface area (Å²) in [7, 11) is 0. The lowest BCUT2D eigenvalue weighted by Gasteiger charge is -2.24. The van der Waals surface area contributed by atoms with E-state index in [1.54, 1.807) is 19.9 Å². The summed E-state index contributed by atoms with van der Waals surface area (Å²) in [6, 6.07) is 4.59. The second-order valence-electron chi connectivity index (χ2n) is 5.08. The van der Waals surface area contributed by atoms with Gasteiger partial charge in [0.25, 0.3) is 0 Å². The van der Waals surface area contributed by atoms with Crippen molar-refractivity contribution in [3.05, 3.63) is 33.9 Å². The first kappa shape index (κ1) is 15.9. The Hall–Kier alpha value is -2.15. The third-order valence-corrected chi connectivity index (χ3v) is 2.84. The van der Waals surface area contributed by atoms with Gasteiger partial charge in [-0.1, -0.05) is 6.07 Å². The van der Waals surface area contributed by atoms with Gasteiger partial charge in [-0.05, 0) is 32.4 Å². The molecule has 0 fully saturated rings. The number of benzene rings is 1. The SMILES string of the molecule is Cc1ccc(OC(C)CC(C)(N)C(=O)O)c([N+](=O)[O-])c1. The summed E-state index contributed by atoms with van der Waals surface area (Å²) in [6.45, 7) is 4.73. The third kappa shape index (κ3) is 3.92. The first-order valence-corrected chi connectivity index (χ1v) is 6.07. The number of hydrogen-bond donors (Lipinski definition) is 2. The van der Waals surface area contributed by atoms with Crippen LogP contribution in [0.25, 0.3) is 0 Å². The van der Waals surface area contributed by atoms with E-state index < -0.39 is 22.5 Å². The largest absolute Gasteiger partial charge is 0.484 e. The fraction of sp³-hybridized carbons (Fsp3) is 0.462. The van der Waals surface area contributed by atoms with E-state index in [9.17, 15) is 14.9 Å². The average Bonchev–Trinajstić information content (AvgIpc) is 2.30. The molecule has 0 amide bonds. The summed E-state index contributed by atoms with van der Waals surface area (Å²) < 4.78 is 5.46. The van der Waals surface area contributed by atoms with E-state index in [0.29, 0.717) is 0 Å². The molecular formula is C13H18N2O5. The Labute approximate surface area is 116 Å². The quantitative estimate of drug-likeness (QED) is 0.607. The van der Waals surface area contributed by atoms with Crippen LogP contribution >= 0.6 is 0 Å². The van der Waals surface area contributed by atoms with Crippen molar-refractivity contribution in [3.63, 3.8) is 0 Å². The monoisotopic (exact) mass is 282 g/mol. The Bertz CT molecular complexity index is 527. The molecule has 3 N–H and O–H groups in total. The van der Waals surface area contributed by atoms with Crippen molar-refractivity contribution in [3.8, 4) is 5.75 Å². The number of carboxylic acid groups (broad SMARTS) is 1. The van der Waals surface area contributed by atoms with Crippen LogP contribution in [0, 0.1) is 17.0 Å². The lowest BCUT2D eigenvalue weighted by molar-refractivity contribution is -0.386. The zero-order chi connectivity index (χ0) is 15.5. The van der Waals surface area contributed by atoms with Gasteiger partial charge in [-0.25, -0.2) is 0 Å². The highest BCUT2D eigenvalue weighted by atomic mass is 16.6. The molecule has 2 atom stereocenters. The number of rotatable bonds is 6. The van der Waals surface area contributed by atoms with Gasteiger partial charge in [-0.2, -0.15) is 0 Å². The number of nitro benzene ring substituents is 1. The van der Waals surface area contributed by atoms with Crippen molar-refractivity contribution in [1.29, 1.82) is 0 Å². The second kappa shape index (κ2) is 5.87. The third-order valence-electron chi connectivity index (χ3n) is 2.84. The van der Waals surface area contributed by atoms with E-state index in [-0.39, 0.29) is 17.9 Å². The average molecular weight is 282 g/mol. The van der Waals surface area contributed by atoms with Gasteiger partial charge >= 0.3 is 11.7 Å². The fourth-order valence-electron chi connectivity index (χ4n) is 1.81. The van der Waals surface area contributed by atoms with E-state index in [0.717, 1.165) is 5.56 Å². The molecule has 0 bridgehead atoms. The Morgan fingerprint density at radius 2 is 2.20 bits per heavy atom. The Kier molecular flexibility index (Phi) is 4.67. The van der Waals surface area contributed by atoms with Crippen LogP contribution in [0.2, 0.25) is 0 Å². The van der Waals surface area contributed by atoms with Gasteiger partial charge < -0.3 is 15.6 Å². The fourth-order valence-corrected chi connectivity index (χ4v) is 1.81. The molecule has 7 nitrogen and oxygen atoms in total. The molecule has 0 aliphatic rings. The topological polar surface area (TPSA) is 116 Å². The number of carboxylic acids is 1. The van der Waals surface area contributed by atoms with Gasteiger partial charge in [-0.15, -0.1) is 0 Å². The van der Waals surface area contributed by atoms with Gasteiger partial charge in [0.2, 0.25) is 0 Å². The lowest BCUT2D eigenvalue weighted by Crippen LogP contribution is -2.47. The van der Waals surface area contributed by atoms with E-state index in [1.165, 1.54) is 19.1 Å². The molecule has 0 radical (unpaired) electrons. The molecule has 20 heavy (non-hydrogen) atoms. The number of nitrogens with zero attached hydrogens (tertiary/aromatic N) is 1. The van der Waals surface area contributed by atoms with Gasteiger partial charge in [0.05, 0.1) is 11.0 Å². The molecule has 0 aromatic heterocycles. The van der Waals surface area contributed by atoms with Crippen molar-refractivity contribution in [2.45, 2.75) is 38.8 Å². The van der Waals surface area contributed by atoms with Crippen molar-refractivity contribution < 1.29 is 19.6 Å². The Morgan fingerprint density at radius 1 is 1.60 bits per heavy atom. The molecule has 0 spiro atoms. The maximum atomic E-state index is 11.0. The first-order chi connectivity index (χ1) is 9.13. The molecule has 0 heterocycles. The smallest absolute Gasteiger partial charge is 0.323 e. The van der Waals surface area contributed by atoms with E-state index in [1.807, 2.05) is 0 Å². The summed E-state index contributed by atoms with van der Waals surface area (Å²) in [5.41, 5.74) is 4.77. The highest BCUT2D eigenvalue weighted by Gasteiger charge is 2.31. The van der Waals surface area contributed by atoms with Crippen LogP contribution in [0.1, 0.15) is 25.8 Å². The first-order valence-electron chi connectivity index (χ1n) is 6.07. The standard InChI is InChI=1S/C13H18N2O5/c1-8-4-5-11(10(6-8)15(18)19)20-9(2)7-13(3,14)12(16)17/h4-6,9H,7,14H2,1-3H3,(H,16,17). The maximum absolute atomic E-state index is 11.0. The Morgan fingerprint density at radius 3 is 2.70 bits per heavy atom. The summed E-state index contributed by atoms with van der Waals surface area (Å²) in [4.78, 5) is 21.4. The van der Waals surface area contributed by atoms with E-state index in [4.69, 9.17) is 15.6 Å². The van der Waals surface area contributed by atoms with Crippen LogP contribution in [-0.4, -0.2) is 27.6 Å². The van der Waals surface area contributed by atoms with Crippen LogP contribution in [0.4, 0.5) is 5.69 Å². The van der Waals surface area contributed by atoms with Crippen LogP contribution in [-0.2, 0) is 4.79 Å². The number of nitro groups is 1. The molecular weight excluding hydrogens is 264 g/mol.